The van der Waals surface area contributed by atoms with Gasteiger partial charge in [0.15, 0.2) is 0 Å². The number of rotatable bonds is 2. The Kier molecular flexibility index (Phi) is 2.46. The summed E-state index contributed by atoms with van der Waals surface area (Å²) in [6.45, 7) is 1.89. The number of hydrogen-bond donors (Lipinski definition) is 0. The van der Waals surface area contributed by atoms with Crippen molar-refractivity contribution in [3.63, 3.8) is 0 Å². The Morgan fingerprint density at radius 3 is 2.60 bits per heavy atom. The van der Waals surface area contributed by atoms with Gasteiger partial charge in [0.2, 0.25) is 0 Å². The number of aryl methyl sites for hydroxylation is 1. The monoisotopic (exact) mass is 220 g/mol. The lowest BCUT2D eigenvalue weighted by Gasteiger charge is -2.35. The van der Waals surface area contributed by atoms with Crippen LogP contribution in [0, 0.1) is 6.92 Å². The van der Waals surface area contributed by atoms with Crippen LogP contribution in [0.5, 0.6) is 0 Å². The van der Waals surface area contributed by atoms with Crippen LogP contribution in [0.1, 0.15) is 24.4 Å². The van der Waals surface area contributed by atoms with Crippen molar-refractivity contribution < 1.29 is 17.9 Å². The summed E-state index contributed by atoms with van der Waals surface area (Å²) in [5.74, 6) is 0. The quantitative estimate of drug-likeness (QED) is 0.765. The van der Waals surface area contributed by atoms with Gasteiger partial charge in [-0.05, 0) is 25.3 Å². The SMILES string of the molecule is Cc1cnn(C2CC(OC(F)(F)F)C2)c1. The van der Waals surface area contributed by atoms with E-state index in [1.165, 1.54) is 0 Å². The molecule has 1 heterocycles. The Morgan fingerprint density at radius 2 is 2.13 bits per heavy atom. The Balaban J connectivity index is 1.84. The molecule has 6 heteroatoms. The number of alkyl halides is 3. The molecule has 0 aromatic carbocycles. The number of halogens is 3. The number of aromatic nitrogens is 2. The zero-order chi connectivity index (χ0) is 11.1. The molecule has 1 aromatic rings. The number of ether oxygens (including phenoxy) is 1. The molecule has 0 unspecified atom stereocenters. The maximum absolute atomic E-state index is 11.8. The van der Waals surface area contributed by atoms with Crippen molar-refractivity contribution in [2.24, 2.45) is 0 Å². The fourth-order valence-corrected chi connectivity index (χ4v) is 1.67. The average Bonchev–Trinajstić information content (AvgIpc) is 2.41. The predicted molar refractivity (Wildman–Crippen MR) is 46.2 cm³/mol. The summed E-state index contributed by atoms with van der Waals surface area (Å²) >= 11 is 0. The summed E-state index contributed by atoms with van der Waals surface area (Å²) in [5, 5.41) is 4.05. The van der Waals surface area contributed by atoms with Crippen LogP contribution in [0.15, 0.2) is 12.4 Å². The minimum absolute atomic E-state index is 0.0473. The normalized spacial score (nSPS) is 26.4. The van der Waals surface area contributed by atoms with Crippen LogP contribution < -0.4 is 0 Å². The van der Waals surface area contributed by atoms with Gasteiger partial charge in [-0.15, -0.1) is 13.2 Å². The molecule has 2 rings (SSSR count). The van der Waals surface area contributed by atoms with E-state index in [0.29, 0.717) is 12.8 Å². The van der Waals surface area contributed by atoms with Crippen molar-refractivity contribution in [1.29, 1.82) is 0 Å². The van der Waals surface area contributed by atoms with E-state index in [2.05, 4.69) is 9.84 Å². The van der Waals surface area contributed by atoms with Gasteiger partial charge in [-0.2, -0.15) is 5.10 Å². The lowest BCUT2D eigenvalue weighted by atomic mass is 9.89. The first-order valence-electron chi connectivity index (χ1n) is 4.69. The molecule has 1 saturated carbocycles. The van der Waals surface area contributed by atoms with E-state index in [9.17, 15) is 13.2 Å². The van der Waals surface area contributed by atoms with Crippen LogP contribution in [0.2, 0.25) is 0 Å². The van der Waals surface area contributed by atoms with Gasteiger partial charge in [0, 0.05) is 6.20 Å². The number of nitrogens with zero attached hydrogens (tertiary/aromatic N) is 2. The van der Waals surface area contributed by atoms with E-state index in [1.807, 2.05) is 13.1 Å². The van der Waals surface area contributed by atoms with Crippen LogP contribution in [0.4, 0.5) is 13.2 Å². The molecule has 1 aliphatic carbocycles. The van der Waals surface area contributed by atoms with Gasteiger partial charge in [0.1, 0.15) is 0 Å². The van der Waals surface area contributed by atoms with E-state index in [4.69, 9.17) is 0 Å². The van der Waals surface area contributed by atoms with Crippen LogP contribution in [-0.4, -0.2) is 22.2 Å². The van der Waals surface area contributed by atoms with Crippen molar-refractivity contribution in [3.05, 3.63) is 18.0 Å². The first-order chi connectivity index (χ1) is 6.94. The van der Waals surface area contributed by atoms with Crippen molar-refractivity contribution >= 4 is 0 Å². The molecule has 1 fully saturated rings. The van der Waals surface area contributed by atoms with Crippen molar-refractivity contribution in [3.8, 4) is 0 Å². The fourth-order valence-electron chi connectivity index (χ4n) is 1.67. The van der Waals surface area contributed by atoms with Gasteiger partial charge >= 0.3 is 6.36 Å². The highest BCUT2D eigenvalue weighted by atomic mass is 19.4. The third kappa shape index (κ3) is 2.50. The van der Waals surface area contributed by atoms with E-state index in [0.717, 1.165) is 5.56 Å². The first kappa shape index (κ1) is 10.5. The second kappa shape index (κ2) is 3.52. The highest BCUT2D eigenvalue weighted by molar-refractivity contribution is 5.02. The molecule has 0 aliphatic heterocycles. The smallest absolute Gasteiger partial charge is 0.288 e. The molecule has 0 saturated heterocycles. The summed E-state index contributed by atoms with van der Waals surface area (Å²) in [4.78, 5) is 0. The Bertz CT molecular complexity index is 341. The van der Waals surface area contributed by atoms with Crippen LogP contribution >= 0.6 is 0 Å². The van der Waals surface area contributed by atoms with Crippen LogP contribution in [0.25, 0.3) is 0 Å². The van der Waals surface area contributed by atoms with Gasteiger partial charge in [-0.3, -0.25) is 9.42 Å². The maximum Gasteiger partial charge on any atom is 0.522 e. The third-order valence-corrected chi connectivity index (χ3v) is 2.47. The zero-order valence-electron chi connectivity index (χ0n) is 8.16. The van der Waals surface area contributed by atoms with Crippen LogP contribution in [-0.2, 0) is 4.74 Å². The second-order valence-electron chi connectivity index (χ2n) is 3.81. The van der Waals surface area contributed by atoms with Gasteiger partial charge in [-0.1, -0.05) is 0 Å². The summed E-state index contributed by atoms with van der Waals surface area (Å²) in [6.07, 6.45) is -0.955. The summed E-state index contributed by atoms with van der Waals surface area (Å²) < 4.78 is 41.0. The largest absolute Gasteiger partial charge is 0.522 e. The second-order valence-corrected chi connectivity index (χ2v) is 3.81. The molecule has 84 valence electrons. The van der Waals surface area contributed by atoms with Gasteiger partial charge in [0.25, 0.3) is 0 Å². The Morgan fingerprint density at radius 1 is 1.47 bits per heavy atom. The topological polar surface area (TPSA) is 27.1 Å². The average molecular weight is 220 g/mol. The van der Waals surface area contributed by atoms with Gasteiger partial charge in [-0.25, -0.2) is 0 Å². The van der Waals surface area contributed by atoms with E-state index >= 15 is 0 Å². The molecular formula is C9H11F3N2O. The molecule has 0 atom stereocenters. The molecule has 1 aliphatic rings. The molecule has 1 aromatic heterocycles. The lowest BCUT2D eigenvalue weighted by molar-refractivity contribution is -0.353. The van der Waals surface area contributed by atoms with E-state index in [-0.39, 0.29) is 6.04 Å². The molecule has 15 heavy (non-hydrogen) atoms. The van der Waals surface area contributed by atoms with Crippen LogP contribution in [0.3, 0.4) is 0 Å². The lowest BCUT2D eigenvalue weighted by Crippen LogP contribution is -2.37. The molecule has 0 bridgehead atoms. The molecule has 0 spiro atoms. The van der Waals surface area contributed by atoms with E-state index in [1.54, 1.807) is 10.9 Å². The molecule has 0 N–H and O–H groups in total. The third-order valence-electron chi connectivity index (χ3n) is 2.47. The molecular weight excluding hydrogens is 209 g/mol. The fraction of sp³-hybridized carbons (Fsp3) is 0.667. The predicted octanol–water partition coefficient (Wildman–Crippen LogP) is 2.43. The highest BCUT2D eigenvalue weighted by Crippen LogP contribution is 2.37. The molecule has 3 nitrogen and oxygen atoms in total. The molecule has 0 amide bonds. The van der Waals surface area contributed by atoms with Crippen molar-refractivity contribution in [2.75, 3.05) is 0 Å². The minimum atomic E-state index is -4.52. The summed E-state index contributed by atoms with van der Waals surface area (Å²) in [6, 6.07) is 0.0473. The van der Waals surface area contributed by atoms with Crippen molar-refractivity contribution in [1.82, 2.24) is 9.78 Å². The Labute approximate surface area is 84.8 Å². The van der Waals surface area contributed by atoms with Crippen molar-refractivity contribution in [2.45, 2.75) is 38.3 Å². The first-order valence-corrected chi connectivity index (χ1v) is 4.69. The Hall–Kier alpha value is -1.04. The standard InChI is InChI=1S/C9H11F3N2O/c1-6-4-13-14(5-6)7-2-8(3-7)15-9(10,11)12/h4-5,7-8H,2-3H2,1H3. The van der Waals surface area contributed by atoms with Gasteiger partial charge in [0.05, 0.1) is 18.3 Å². The number of hydrogen-bond acceptors (Lipinski definition) is 2. The van der Waals surface area contributed by atoms with E-state index < -0.39 is 12.5 Å². The minimum Gasteiger partial charge on any atom is -0.288 e. The summed E-state index contributed by atoms with van der Waals surface area (Å²) in [5.41, 5.74) is 1.01. The maximum atomic E-state index is 11.8. The van der Waals surface area contributed by atoms with Gasteiger partial charge < -0.3 is 0 Å². The summed E-state index contributed by atoms with van der Waals surface area (Å²) in [7, 11) is 0. The highest BCUT2D eigenvalue weighted by Gasteiger charge is 2.40. The molecule has 0 radical (unpaired) electrons. The zero-order valence-corrected chi connectivity index (χ0v) is 8.16.